The minimum atomic E-state index is -0.565. The molecule has 31 heavy (non-hydrogen) atoms. The number of para-hydroxylation sites is 2. The number of aromatic nitrogens is 1. The van der Waals surface area contributed by atoms with Gasteiger partial charge in [0.05, 0.1) is 12.8 Å². The van der Waals surface area contributed by atoms with Gasteiger partial charge in [-0.1, -0.05) is 36.4 Å². The fraction of sp³-hybridized carbons (Fsp3) is 0.130. The smallest absolute Gasteiger partial charge is 0.325 e. The van der Waals surface area contributed by atoms with Crippen LogP contribution < -0.4 is 10.2 Å². The molecular formula is C23H19N3O4S. The van der Waals surface area contributed by atoms with Crippen molar-refractivity contribution in [3.8, 4) is 0 Å². The molecule has 1 fully saturated rings. The van der Waals surface area contributed by atoms with Crippen molar-refractivity contribution in [2.24, 2.45) is 0 Å². The molecule has 0 bridgehead atoms. The number of methoxy groups -OCH3 is 1. The Labute approximate surface area is 183 Å². The van der Waals surface area contributed by atoms with E-state index in [1.54, 1.807) is 22.9 Å². The normalized spacial score (nSPS) is 15.5. The Morgan fingerprint density at radius 2 is 1.84 bits per heavy atom. The first-order chi connectivity index (χ1) is 14.9. The predicted molar refractivity (Wildman–Crippen MR) is 121 cm³/mol. The standard InChI is InChI=1S/C23H19N3O4S/c1-14-7-3-5-9-18(14)26-22(29)17(21(28)24-23(26)31)11-15-12-25(13-20(27)30-2)19-10-6-4-8-16(15)19/h3-12H,13H2,1-2H3,(H,24,28,31)/b17-11-. The van der Waals surface area contributed by atoms with E-state index in [-0.39, 0.29) is 17.2 Å². The molecule has 0 atom stereocenters. The molecule has 8 heteroatoms. The van der Waals surface area contributed by atoms with E-state index in [0.29, 0.717) is 11.3 Å². The zero-order valence-corrected chi connectivity index (χ0v) is 17.7. The number of benzene rings is 2. The number of aryl methyl sites for hydroxylation is 1. The quantitative estimate of drug-likeness (QED) is 0.296. The summed E-state index contributed by atoms with van der Waals surface area (Å²) in [5.41, 5.74) is 2.84. The van der Waals surface area contributed by atoms with Gasteiger partial charge in [0.2, 0.25) is 0 Å². The van der Waals surface area contributed by atoms with Gasteiger partial charge < -0.3 is 9.30 Å². The van der Waals surface area contributed by atoms with E-state index in [2.05, 4.69) is 5.32 Å². The van der Waals surface area contributed by atoms with Gasteiger partial charge in [-0.05, 0) is 42.9 Å². The van der Waals surface area contributed by atoms with E-state index in [0.717, 1.165) is 16.5 Å². The number of hydrogen-bond acceptors (Lipinski definition) is 5. The summed E-state index contributed by atoms with van der Waals surface area (Å²) in [6, 6.07) is 14.7. The molecule has 0 radical (unpaired) electrons. The zero-order valence-electron chi connectivity index (χ0n) is 16.9. The molecule has 1 aromatic heterocycles. The van der Waals surface area contributed by atoms with Crippen molar-refractivity contribution >= 4 is 57.8 Å². The number of amides is 2. The lowest BCUT2D eigenvalue weighted by Crippen LogP contribution is -2.54. The Bertz CT molecular complexity index is 1270. The van der Waals surface area contributed by atoms with Gasteiger partial charge in [0.25, 0.3) is 11.8 Å². The number of carbonyl (C=O) groups excluding carboxylic acids is 3. The van der Waals surface area contributed by atoms with Crippen LogP contribution in [-0.4, -0.2) is 34.6 Å². The molecule has 0 saturated carbocycles. The second-order valence-corrected chi connectivity index (χ2v) is 7.44. The van der Waals surface area contributed by atoms with Gasteiger partial charge in [-0.3, -0.25) is 24.6 Å². The number of ether oxygens (including phenoxy) is 1. The van der Waals surface area contributed by atoms with Crippen LogP contribution >= 0.6 is 12.2 Å². The van der Waals surface area contributed by atoms with Gasteiger partial charge in [0, 0.05) is 22.7 Å². The number of rotatable bonds is 4. The first kappa shape index (κ1) is 20.5. The first-order valence-corrected chi connectivity index (χ1v) is 9.93. The van der Waals surface area contributed by atoms with E-state index in [1.807, 2.05) is 43.3 Å². The number of carbonyl (C=O) groups is 3. The molecule has 1 N–H and O–H groups in total. The zero-order chi connectivity index (χ0) is 22.1. The third kappa shape index (κ3) is 3.73. The van der Waals surface area contributed by atoms with Crippen LogP contribution in [0.5, 0.6) is 0 Å². The van der Waals surface area contributed by atoms with Gasteiger partial charge in [0.15, 0.2) is 5.11 Å². The number of nitrogens with one attached hydrogen (secondary N) is 1. The second-order valence-electron chi connectivity index (χ2n) is 7.05. The lowest BCUT2D eigenvalue weighted by molar-refractivity contribution is -0.141. The van der Waals surface area contributed by atoms with Gasteiger partial charge in [0.1, 0.15) is 12.1 Å². The number of nitrogens with zero attached hydrogens (tertiary/aromatic N) is 2. The summed E-state index contributed by atoms with van der Waals surface area (Å²) in [4.78, 5) is 39.1. The minimum absolute atomic E-state index is 0.0136. The van der Waals surface area contributed by atoms with Crippen molar-refractivity contribution < 1.29 is 19.1 Å². The molecule has 0 spiro atoms. The van der Waals surface area contributed by atoms with Gasteiger partial charge in [-0.2, -0.15) is 0 Å². The monoisotopic (exact) mass is 433 g/mol. The third-order valence-corrected chi connectivity index (χ3v) is 5.39. The summed E-state index contributed by atoms with van der Waals surface area (Å²) in [6.07, 6.45) is 3.25. The molecule has 2 heterocycles. The Balaban J connectivity index is 1.81. The highest BCUT2D eigenvalue weighted by Crippen LogP contribution is 2.28. The number of anilines is 1. The first-order valence-electron chi connectivity index (χ1n) is 9.52. The molecule has 0 aliphatic carbocycles. The average Bonchev–Trinajstić information content (AvgIpc) is 3.09. The second kappa shape index (κ2) is 8.16. The lowest BCUT2D eigenvalue weighted by Gasteiger charge is -2.29. The highest BCUT2D eigenvalue weighted by Gasteiger charge is 2.35. The SMILES string of the molecule is COC(=O)Cn1cc(/C=C2/C(=O)NC(=S)N(c3ccccc3C)C2=O)c2ccccc21. The van der Waals surface area contributed by atoms with Crippen molar-refractivity contribution in [3.63, 3.8) is 0 Å². The maximum absolute atomic E-state index is 13.3. The minimum Gasteiger partial charge on any atom is -0.468 e. The molecule has 156 valence electrons. The third-order valence-electron chi connectivity index (χ3n) is 5.10. The summed E-state index contributed by atoms with van der Waals surface area (Å²) in [5, 5.41) is 3.44. The van der Waals surface area contributed by atoms with Crippen LogP contribution in [0.3, 0.4) is 0 Å². The summed E-state index contributed by atoms with van der Waals surface area (Å²) in [5.74, 6) is -1.47. The van der Waals surface area contributed by atoms with Crippen LogP contribution in [0.2, 0.25) is 0 Å². The lowest BCUT2D eigenvalue weighted by atomic mass is 10.1. The molecule has 3 aromatic rings. The molecule has 7 nitrogen and oxygen atoms in total. The topological polar surface area (TPSA) is 80.6 Å². The van der Waals surface area contributed by atoms with E-state index >= 15 is 0 Å². The van der Waals surface area contributed by atoms with Crippen LogP contribution in [0.4, 0.5) is 5.69 Å². The van der Waals surface area contributed by atoms with E-state index in [9.17, 15) is 14.4 Å². The summed E-state index contributed by atoms with van der Waals surface area (Å²) < 4.78 is 6.49. The van der Waals surface area contributed by atoms with Gasteiger partial charge in [-0.15, -0.1) is 0 Å². The Kier molecular flexibility index (Phi) is 5.39. The maximum Gasteiger partial charge on any atom is 0.325 e. The molecule has 1 saturated heterocycles. The molecule has 4 rings (SSSR count). The van der Waals surface area contributed by atoms with Crippen LogP contribution in [0, 0.1) is 6.92 Å². The van der Waals surface area contributed by atoms with E-state index in [4.69, 9.17) is 17.0 Å². The van der Waals surface area contributed by atoms with Crippen molar-refractivity contribution in [2.45, 2.75) is 13.5 Å². The molecule has 1 aliphatic heterocycles. The van der Waals surface area contributed by atoms with E-state index < -0.39 is 17.8 Å². The highest BCUT2D eigenvalue weighted by atomic mass is 32.1. The van der Waals surface area contributed by atoms with Crippen LogP contribution in [0.25, 0.3) is 17.0 Å². The van der Waals surface area contributed by atoms with Crippen molar-refractivity contribution in [3.05, 3.63) is 71.4 Å². The van der Waals surface area contributed by atoms with Crippen LogP contribution in [0.15, 0.2) is 60.3 Å². The maximum atomic E-state index is 13.3. The number of fused-ring (bicyclic) bond motifs is 1. The van der Waals surface area contributed by atoms with Crippen LogP contribution in [-0.2, 0) is 25.7 Å². The Hall–Kier alpha value is -3.78. The van der Waals surface area contributed by atoms with Gasteiger partial charge >= 0.3 is 5.97 Å². The summed E-state index contributed by atoms with van der Waals surface area (Å²) in [7, 11) is 1.32. The van der Waals surface area contributed by atoms with Crippen molar-refractivity contribution in [1.29, 1.82) is 0 Å². The average molecular weight is 433 g/mol. The summed E-state index contributed by atoms with van der Waals surface area (Å²) in [6.45, 7) is 1.88. The number of thiocarbonyl (C=S) groups is 1. The predicted octanol–water partition coefficient (Wildman–Crippen LogP) is 2.95. The fourth-order valence-corrected chi connectivity index (χ4v) is 3.84. The number of hydrogen-bond donors (Lipinski definition) is 1. The highest BCUT2D eigenvalue weighted by molar-refractivity contribution is 7.80. The molecule has 0 unspecified atom stereocenters. The largest absolute Gasteiger partial charge is 0.468 e. The number of esters is 1. The van der Waals surface area contributed by atoms with E-state index in [1.165, 1.54) is 18.1 Å². The van der Waals surface area contributed by atoms with Crippen LogP contribution in [0.1, 0.15) is 11.1 Å². The summed E-state index contributed by atoms with van der Waals surface area (Å²) >= 11 is 5.27. The Morgan fingerprint density at radius 1 is 1.13 bits per heavy atom. The fourth-order valence-electron chi connectivity index (χ4n) is 3.57. The molecule has 2 amide bonds. The van der Waals surface area contributed by atoms with Crippen molar-refractivity contribution in [1.82, 2.24) is 9.88 Å². The molecule has 2 aromatic carbocycles. The molecular weight excluding hydrogens is 414 g/mol. The van der Waals surface area contributed by atoms with Gasteiger partial charge in [-0.25, -0.2) is 0 Å². The Morgan fingerprint density at radius 3 is 2.58 bits per heavy atom. The van der Waals surface area contributed by atoms with Crippen molar-refractivity contribution in [2.75, 3.05) is 12.0 Å². The molecule has 1 aliphatic rings.